The maximum atomic E-state index is 14.1. The summed E-state index contributed by atoms with van der Waals surface area (Å²) in [4.78, 5) is 27.9. The molecule has 0 radical (unpaired) electrons. The Morgan fingerprint density at radius 1 is 1.28 bits per heavy atom. The summed E-state index contributed by atoms with van der Waals surface area (Å²) in [5.74, 6) is -0.218. The molecule has 1 saturated heterocycles. The SMILES string of the molecule is COCCCCn1c(C(=O)N(CC(C)C)C2CNCC(C(N)=O)C2)c(I)c2ccccc21. The van der Waals surface area contributed by atoms with Crippen molar-refractivity contribution in [2.24, 2.45) is 17.6 Å². The van der Waals surface area contributed by atoms with Gasteiger partial charge in [-0.25, -0.2) is 0 Å². The van der Waals surface area contributed by atoms with Crippen LogP contribution in [-0.2, 0) is 16.1 Å². The zero-order valence-electron chi connectivity index (χ0n) is 19.3. The number of ether oxygens (including phenoxy) is 1. The Morgan fingerprint density at radius 3 is 2.72 bits per heavy atom. The van der Waals surface area contributed by atoms with Crippen LogP contribution in [0, 0.1) is 15.4 Å². The number of piperidine rings is 1. The van der Waals surface area contributed by atoms with Crippen LogP contribution in [0.15, 0.2) is 24.3 Å². The summed E-state index contributed by atoms with van der Waals surface area (Å²) in [6.45, 7) is 7.59. The smallest absolute Gasteiger partial charge is 0.271 e. The van der Waals surface area contributed by atoms with E-state index in [1.807, 2.05) is 17.0 Å². The molecule has 2 aromatic rings. The van der Waals surface area contributed by atoms with Gasteiger partial charge in [-0.1, -0.05) is 32.0 Å². The van der Waals surface area contributed by atoms with E-state index in [9.17, 15) is 9.59 Å². The van der Waals surface area contributed by atoms with Gasteiger partial charge in [0.15, 0.2) is 0 Å². The Morgan fingerprint density at radius 2 is 2.03 bits per heavy atom. The highest BCUT2D eigenvalue weighted by molar-refractivity contribution is 14.1. The number of benzene rings is 1. The number of fused-ring (bicyclic) bond motifs is 1. The van der Waals surface area contributed by atoms with Gasteiger partial charge < -0.3 is 25.3 Å². The molecule has 2 amide bonds. The summed E-state index contributed by atoms with van der Waals surface area (Å²) in [7, 11) is 1.71. The first-order valence-electron chi connectivity index (χ1n) is 11.4. The van der Waals surface area contributed by atoms with Crippen molar-refractivity contribution in [3.05, 3.63) is 33.5 Å². The number of aryl methyl sites for hydroxylation is 1. The first-order valence-corrected chi connectivity index (χ1v) is 12.5. The predicted octanol–water partition coefficient (Wildman–Crippen LogP) is 3.23. The van der Waals surface area contributed by atoms with E-state index in [-0.39, 0.29) is 23.8 Å². The molecule has 176 valence electrons. The number of amides is 2. The summed E-state index contributed by atoms with van der Waals surface area (Å²) in [5.41, 5.74) is 7.42. The van der Waals surface area contributed by atoms with Gasteiger partial charge in [0, 0.05) is 56.8 Å². The number of para-hydroxylation sites is 1. The summed E-state index contributed by atoms with van der Waals surface area (Å²) in [6.07, 6.45) is 2.48. The second-order valence-electron chi connectivity index (χ2n) is 9.03. The lowest BCUT2D eigenvalue weighted by Crippen LogP contribution is -2.54. The molecule has 0 spiro atoms. The Hall–Kier alpha value is -1.65. The molecule has 1 fully saturated rings. The number of aromatic nitrogens is 1. The van der Waals surface area contributed by atoms with Crippen LogP contribution < -0.4 is 11.1 Å². The molecule has 2 unspecified atom stereocenters. The van der Waals surface area contributed by atoms with E-state index in [1.54, 1.807) is 7.11 Å². The van der Waals surface area contributed by atoms with Gasteiger partial charge in [0.1, 0.15) is 5.69 Å². The number of halogens is 1. The molecule has 1 aromatic heterocycles. The monoisotopic (exact) mass is 554 g/mol. The largest absolute Gasteiger partial charge is 0.385 e. The minimum absolute atomic E-state index is 0.0305. The van der Waals surface area contributed by atoms with Gasteiger partial charge in [-0.3, -0.25) is 9.59 Å². The molecular formula is C24H35IN4O3. The zero-order chi connectivity index (χ0) is 23.3. The summed E-state index contributed by atoms with van der Waals surface area (Å²) < 4.78 is 8.37. The average molecular weight is 554 g/mol. The van der Waals surface area contributed by atoms with Crippen molar-refractivity contribution in [2.45, 2.75) is 45.7 Å². The molecular weight excluding hydrogens is 519 g/mol. The van der Waals surface area contributed by atoms with E-state index in [1.165, 1.54) is 0 Å². The molecule has 0 saturated carbocycles. The van der Waals surface area contributed by atoms with E-state index in [0.717, 1.165) is 39.6 Å². The normalized spacial score (nSPS) is 18.9. The van der Waals surface area contributed by atoms with Crippen LogP contribution in [0.1, 0.15) is 43.6 Å². The van der Waals surface area contributed by atoms with Crippen LogP contribution in [0.3, 0.4) is 0 Å². The Balaban J connectivity index is 1.98. The Bertz CT molecular complexity index is 943. The maximum absolute atomic E-state index is 14.1. The lowest BCUT2D eigenvalue weighted by molar-refractivity contribution is -0.122. The summed E-state index contributed by atoms with van der Waals surface area (Å²) in [6, 6.07) is 8.14. The molecule has 1 aliphatic rings. The molecule has 3 rings (SSSR count). The van der Waals surface area contributed by atoms with Crippen LogP contribution in [0.4, 0.5) is 0 Å². The number of nitrogens with two attached hydrogens (primary N) is 1. The van der Waals surface area contributed by atoms with E-state index in [2.05, 4.69) is 58.5 Å². The highest BCUT2D eigenvalue weighted by Crippen LogP contribution is 2.30. The van der Waals surface area contributed by atoms with Crippen molar-refractivity contribution in [3.63, 3.8) is 0 Å². The number of hydrogen-bond acceptors (Lipinski definition) is 4. The molecule has 8 heteroatoms. The molecule has 0 bridgehead atoms. The standard InChI is InChI=1S/C24H35IN4O3/c1-16(2)15-29(18-12-17(23(26)30)13-27-14-18)24(31)22-21(25)19-8-4-5-9-20(19)28(22)10-6-7-11-32-3/h4-5,8-9,16-18,27H,6-7,10-15H2,1-3H3,(H2,26,30). The molecule has 7 nitrogen and oxygen atoms in total. The minimum atomic E-state index is -0.305. The summed E-state index contributed by atoms with van der Waals surface area (Å²) in [5, 5.41) is 4.41. The third-order valence-corrected chi connectivity index (χ3v) is 7.18. The topological polar surface area (TPSA) is 89.6 Å². The van der Waals surface area contributed by atoms with E-state index < -0.39 is 0 Å². The van der Waals surface area contributed by atoms with Gasteiger partial charge in [-0.2, -0.15) is 0 Å². The molecule has 2 atom stereocenters. The predicted molar refractivity (Wildman–Crippen MR) is 136 cm³/mol. The van der Waals surface area contributed by atoms with Gasteiger partial charge in [0.25, 0.3) is 5.91 Å². The van der Waals surface area contributed by atoms with Crippen molar-refractivity contribution in [1.29, 1.82) is 0 Å². The molecule has 1 aromatic carbocycles. The van der Waals surface area contributed by atoms with Crippen molar-refractivity contribution in [1.82, 2.24) is 14.8 Å². The van der Waals surface area contributed by atoms with Crippen LogP contribution in [-0.4, -0.2) is 60.7 Å². The third kappa shape index (κ3) is 5.63. The minimum Gasteiger partial charge on any atom is -0.385 e. The second kappa shape index (κ2) is 11.5. The van der Waals surface area contributed by atoms with Gasteiger partial charge in [-0.05, 0) is 53.8 Å². The highest BCUT2D eigenvalue weighted by atomic mass is 127. The van der Waals surface area contributed by atoms with Crippen molar-refractivity contribution in [3.8, 4) is 0 Å². The van der Waals surface area contributed by atoms with Crippen LogP contribution in [0.25, 0.3) is 10.9 Å². The number of nitrogens with zero attached hydrogens (tertiary/aromatic N) is 2. The lowest BCUT2D eigenvalue weighted by Gasteiger charge is -2.38. The lowest BCUT2D eigenvalue weighted by atomic mass is 9.93. The number of hydrogen-bond donors (Lipinski definition) is 2. The van der Waals surface area contributed by atoms with Crippen LogP contribution >= 0.6 is 22.6 Å². The van der Waals surface area contributed by atoms with Crippen LogP contribution in [0.2, 0.25) is 0 Å². The first-order chi connectivity index (χ1) is 15.3. The molecule has 2 heterocycles. The summed E-state index contributed by atoms with van der Waals surface area (Å²) >= 11 is 2.31. The zero-order valence-corrected chi connectivity index (χ0v) is 21.4. The Kier molecular flexibility index (Phi) is 8.95. The third-order valence-electron chi connectivity index (χ3n) is 6.09. The number of rotatable bonds is 10. The number of primary amides is 1. The van der Waals surface area contributed by atoms with E-state index >= 15 is 0 Å². The van der Waals surface area contributed by atoms with Crippen LogP contribution in [0.5, 0.6) is 0 Å². The van der Waals surface area contributed by atoms with Gasteiger partial charge in [0.05, 0.1) is 9.49 Å². The van der Waals surface area contributed by atoms with Gasteiger partial charge in [-0.15, -0.1) is 0 Å². The maximum Gasteiger partial charge on any atom is 0.271 e. The fourth-order valence-corrected chi connectivity index (χ4v) is 5.50. The second-order valence-corrected chi connectivity index (χ2v) is 10.1. The molecule has 3 N–H and O–H groups in total. The number of carbonyl (C=O) groups excluding carboxylic acids is 2. The van der Waals surface area contributed by atoms with Gasteiger partial charge >= 0.3 is 0 Å². The number of methoxy groups -OCH3 is 1. The Labute approximate surface area is 204 Å². The molecule has 1 aliphatic heterocycles. The fourth-order valence-electron chi connectivity index (χ4n) is 4.52. The number of carbonyl (C=O) groups is 2. The average Bonchev–Trinajstić information content (AvgIpc) is 3.06. The van der Waals surface area contributed by atoms with E-state index in [4.69, 9.17) is 10.5 Å². The fraction of sp³-hybridized carbons (Fsp3) is 0.583. The molecule has 32 heavy (non-hydrogen) atoms. The van der Waals surface area contributed by atoms with Crippen molar-refractivity contribution in [2.75, 3.05) is 33.4 Å². The van der Waals surface area contributed by atoms with Gasteiger partial charge in [0.2, 0.25) is 5.91 Å². The van der Waals surface area contributed by atoms with Crippen molar-refractivity contribution < 1.29 is 14.3 Å². The highest BCUT2D eigenvalue weighted by Gasteiger charge is 2.35. The quantitative estimate of drug-likeness (QED) is 0.349. The van der Waals surface area contributed by atoms with E-state index in [0.29, 0.717) is 38.6 Å². The molecule has 0 aliphatic carbocycles. The first kappa shape index (κ1) is 25.0. The van der Waals surface area contributed by atoms with Crippen molar-refractivity contribution >= 4 is 45.3 Å². The number of unbranched alkanes of at least 4 members (excludes halogenated alkanes) is 1. The number of nitrogens with one attached hydrogen (secondary N) is 1.